The van der Waals surface area contributed by atoms with Gasteiger partial charge in [0.1, 0.15) is 5.75 Å². The molecule has 1 aliphatic rings. The topological polar surface area (TPSA) is 101 Å². The Labute approximate surface area is 217 Å². The Morgan fingerprint density at radius 2 is 1.89 bits per heavy atom. The highest BCUT2D eigenvalue weighted by Gasteiger charge is 2.20. The number of nitrogens with one attached hydrogen (secondary N) is 2. The van der Waals surface area contributed by atoms with Crippen molar-refractivity contribution < 1.29 is 13.2 Å². The molecular formula is C27H32N6O3S. The van der Waals surface area contributed by atoms with Crippen LogP contribution in [0, 0.1) is 6.92 Å². The third-order valence-electron chi connectivity index (χ3n) is 6.95. The van der Waals surface area contributed by atoms with Crippen LogP contribution in [0.15, 0.2) is 54.7 Å². The van der Waals surface area contributed by atoms with Gasteiger partial charge in [0, 0.05) is 12.6 Å². The van der Waals surface area contributed by atoms with Crippen molar-refractivity contribution in [3.8, 4) is 17.0 Å². The van der Waals surface area contributed by atoms with Crippen LogP contribution >= 0.6 is 0 Å². The number of piperidine rings is 1. The molecule has 1 saturated heterocycles. The minimum atomic E-state index is -3.45. The van der Waals surface area contributed by atoms with E-state index in [0.717, 1.165) is 59.7 Å². The number of sulfonamides is 1. The Morgan fingerprint density at radius 1 is 1.11 bits per heavy atom. The second-order valence-corrected chi connectivity index (χ2v) is 11.5. The molecule has 5 rings (SSSR count). The number of hydrogen-bond acceptors (Lipinski definition) is 7. The fourth-order valence-corrected chi connectivity index (χ4v) is 5.31. The number of hydrogen-bond donors (Lipinski definition) is 2. The predicted molar refractivity (Wildman–Crippen MR) is 148 cm³/mol. The highest BCUT2D eigenvalue weighted by Crippen LogP contribution is 2.35. The van der Waals surface area contributed by atoms with Gasteiger partial charge < -0.3 is 15.4 Å². The first kappa shape index (κ1) is 25.0. The van der Waals surface area contributed by atoms with Gasteiger partial charge in [0.15, 0.2) is 0 Å². The summed E-state index contributed by atoms with van der Waals surface area (Å²) in [6.45, 7) is 4.00. The molecule has 10 heteroatoms. The number of ether oxygens (including phenoxy) is 1. The summed E-state index contributed by atoms with van der Waals surface area (Å²) in [6, 6.07) is 15.8. The van der Waals surface area contributed by atoms with Crippen LogP contribution in [-0.4, -0.2) is 56.5 Å². The fourth-order valence-electron chi connectivity index (χ4n) is 4.80. The van der Waals surface area contributed by atoms with E-state index < -0.39 is 10.0 Å². The van der Waals surface area contributed by atoms with Crippen LogP contribution in [-0.2, 0) is 10.0 Å². The maximum Gasteiger partial charge on any atom is 0.245 e. The SMILES string of the molecule is COc1cc(C2CCNCC2)ccc1Nc1ncc2ccc(-c3ccc(C)cc3N(C)S(C)(=O)=O)n2n1. The highest BCUT2D eigenvalue weighted by atomic mass is 32.2. The lowest BCUT2D eigenvalue weighted by Gasteiger charge is -2.24. The number of aromatic nitrogens is 3. The predicted octanol–water partition coefficient (Wildman–Crippen LogP) is 4.32. The Balaban J connectivity index is 1.51. The smallest absolute Gasteiger partial charge is 0.245 e. The van der Waals surface area contributed by atoms with E-state index in [1.807, 2.05) is 43.3 Å². The lowest BCUT2D eigenvalue weighted by molar-refractivity contribution is 0.413. The molecule has 0 saturated carbocycles. The lowest BCUT2D eigenvalue weighted by atomic mass is 9.90. The van der Waals surface area contributed by atoms with Crippen molar-refractivity contribution in [1.82, 2.24) is 19.9 Å². The van der Waals surface area contributed by atoms with E-state index in [1.54, 1.807) is 24.9 Å². The highest BCUT2D eigenvalue weighted by molar-refractivity contribution is 7.92. The Kier molecular flexibility index (Phi) is 6.78. The van der Waals surface area contributed by atoms with Crippen molar-refractivity contribution in [2.45, 2.75) is 25.7 Å². The fraction of sp³-hybridized carbons (Fsp3) is 0.333. The number of benzene rings is 2. The molecule has 37 heavy (non-hydrogen) atoms. The van der Waals surface area contributed by atoms with Gasteiger partial charge in [-0.15, -0.1) is 5.10 Å². The van der Waals surface area contributed by atoms with E-state index in [2.05, 4.69) is 27.8 Å². The molecule has 2 aromatic carbocycles. The maximum absolute atomic E-state index is 12.3. The molecule has 2 aromatic heterocycles. The molecule has 0 atom stereocenters. The van der Waals surface area contributed by atoms with E-state index in [9.17, 15) is 8.42 Å². The van der Waals surface area contributed by atoms with Gasteiger partial charge in [-0.25, -0.2) is 17.9 Å². The maximum atomic E-state index is 12.3. The van der Waals surface area contributed by atoms with Crippen molar-refractivity contribution in [3.05, 3.63) is 65.9 Å². The minimum Gasteiger partial charge on any atom is -0.495 e. The molecule has 1 aliphatic heterocycles. The molecule has 0 bridgehead atoms. The second-order valence-electron chi connectivity index (χ2n) is 9.50. The summed E-state index contributed by atoms with van der Waals surface area (Å²) in [5.41, 5.74) is 5.92. The standard InChI is InChI=1S/C27H32N6O3S/c1-18-5-8-22(25(15-18)32(2)37(4,34)35)24-10-7-21-17-29-27(31-33(21)24)30-23-9-6-20(16-26(23)36-3)19-11-13-28-14-12-19/h5-10,15-17,19,28H,11-14H2,1-4H3,(H,30,31). The third-order valence-corrected chi connectivity index (χ3v) is 8.14. The molecule has 194 valence electrons. The van der Waals surface area contributed by atoms with Crippen LogP contribution in [0.1, 0.15) is 29.9 Å². The first-order valence-corrected chi connectivity index (χ1v) is 14.1. The molecule has 0 unspecified atom stereocenters. The van der Waals surface area contributed by atoms with Gasteiger partial charge in [-0.2, -0.15) is 0 Å². The number of aryl methyl sites for hydroxylation is 1. The summed E-state index contributed by atoms with van der Waals surface area (Å²) in [6.07, 6.45) is 5.16. The number of methoxy groups -OCH3 is 1. The van der Waals surface area contributed by atoms with Crippen LogP contribution in [0.25, 0.3) is 16.8 Å². The molecule has 0 aliphatic carbocycles. The first-order valence-electron chi connectivity index (χ1n) is 12.3. The van der Waals surface area contributed by atoms with Crippen LogP contribution in [0.5, 0.6) is 5.75 Å². The number of anilines is 3. The van der Waals surface area contributed by atoms with Crippen molar-refractivity contribution in [2.75, 3.05) is 43.1 Å². The molecule has 0 spiro atoms. The van der Waals surface area contributed by atoms with Gasteiger partial charge in [0.05, 0.1) is 42.1 Å². The van der Waals surface area contributed by atoms with Crippen molar-refractivity contribution in [3.63, 3.8) is 0 Å². The van der Waals surface area contributed by atoms with E-state index in [-0.39, 0.29) is 0 Å². The summed E-state index contributed by atoms with van der Waals surface area (Å²) >= 11 is 0. The molecular weight excluding hydrogens is 488 g/mol. The summed E-state index contributed by atoms with van der Waals surface area (Å²) in [5, 5.41) is 11.5. The van der Waals surface area contributed by atoms with Gasteiger partial charge in [-0.05, 0) is 80.2 Å². The van der Waals surface area contributed by atoms with Gasteiger partial charge in [0.25, 0.3) is 0 Å². The van der Waals surface area contributed by atoms with Crippen LogP contribution in [0.3, 0.4) is 0 Å². The average molecular weight is 521 g/mol. The number of fused-ring (bicyclic) bond motifs is 1. The normalized spacial score (nSPS) is 14.6. The molecule has 2 N–H and O–H groups in total. The molecule has 4 aromatic rings. The zero-order valence-corrected chi connectivity index (χ0v) is 22.3. The van der Waals surface area contributed by atoms with Crippen LogP contribution in [0.2, 0.25) is 0 Å². The largest absolute Gasteiger partial charge is 0.495 e. The monoisotopic (exact) mass is 520 g/mol. The molecule has 9 nitrogen and oxygen atoms in total. The van der Waals surface area contributed by atoms with E-state index in [1.165, 1.54) is 16.1 Å². The number of rotatable bonds is 7. The quantitative estimate of drug-likeness (QED) is 0.374. The summed E-state index contributed by atoms with van der Waals surface area (Å²) in [7, 11) is -0.221. The summed E-state index contributed by atoms with van der Waals surface area (Å²) in [4.78, 5) is 4.49. The average Bonchev–Trinajstić information content (AvgIpc) is 3.31. The number of nitrogens with zero attached hydrogens (tertiary/aromatic N) is 4. The van der Waals surface area contributed by atoms with Crippen molar-refractivity contribution in [1.29, 1.82) is 0 Å². The van der Waals surface area contributed by atoms with Crippen LogP contribution in [0.4, 0.5) is 17.3 Å². The molecule has 0 radical (unpaired) electrons. The Hall–Kier alpha value is -3.63. The minimum absolute atomic E-state index is 0.406. The Morgan fingerprint density at radius 3 is 2.62 bits per heavy atom. The van der Waals surface area contributed by atoms with E-state index in [4.69, 9.17) is 9.84 Å². The third kappa shape index (κ3) is 5.12. The summed E-state index contributed by atoms with van der Waals surface area (Å²) in [5.74, 6) is 1.67. The van der Waals surface area contributed by atoms with Gasteiger partial charge in [-0.1, -0.05) is 18.2 Å². The van der Waals surface area contributed by atoms with Gasteiger partial charge in [-0.3, -0.25) is 4.31 Å². The molecule has 1 fully saturated rings. The van der Waals surface area contributed by atoms with Crippen molar-refractivity contribution in [2.24, 2.45) is 0 Å². The molecule has 0 amide bonds. The lowest BCUT2D eigenvalue weighted by Crippen LogP contribution is -2.26. The summed E-state index contributed by atoms with van der Waals surface area (Å²) < 4.78 is 33.4. The zero-order chi connectivity index (χ0) is 26.2. The van der Waals surface area contributed by atoms with Crippen LogP contribution < -0.4 is 19.7 Å². The van der Waals surface area contributed by atoms with Crippen molar-refractivity contribution >= 4 is 32.9 Å². The zero-order valence-electron chi connectivity index (χ0n) is 21.5. The Bertz CT molecular complexity index is 1540. The second kappa shape index (κ2) is 10.0. The van der Waals surface area contributed by atoms with E-state index in [0.29, 0.717) is 17.6 Å². The van der Waals surface area contributed by atoms with Gasteiger partial charge >= 0.3 is 0 Å². The van der Waals surface area contributed by atoms with Gasteiger partial charge in [0.2, 0.25) is 16.0 Å². The first-order chi connectivity index (χ1) is 17.7. The van der Waals surface area contributed by atoms with E-state index >= 15 is 0 Å². The molecule has 3 heterocycles.